The molecule has 0 aliphatic heterocycles. The van der Waals surface area contributed by atoms with Crippen LogP contribution in [0.4, 0.5) is 0 Å². The third-order valence-corrected chi connectivity index (χ3v) is 4.53. The van der Waals surface area contributed by atoms with E-state index in [1.165, 1.54) is 20.3 Å². The Morgan fingerprint density at radius 2 is 1.75 bits per heavy atom. The maximum atomic E-state index is 4.87. The predicted octanol–water partition coefficient (Wildman–Crippen LogP) is 4.82. The third-order valence-electron chi connectivity index (χ3n) is 3.45. The zero-order valence-electron chi connectivity index (χ0n) is 11.0. The van der Waals surface area contributed by atoms with Gasteiger partial charge in [0.2, 0.25) is 0 Å². The fraction of sp³-hybridized carbons (Fsp3) is 0.0588. The van der Waals surface area contributed by atoms with Gasteiger partial charge in [-0.25, -0.2) is 4.98 Å². The molecule has 20 heavy (non-hydrogen) atoms. The Morgan fingerprint density at radius 1 is 0.950 bits per heavy atom. The van der Waals surface area contributed by atoms with Crippen LogP contribution in [0.2, 0.25) is 0 Å². The van der Waals surface area contributed by atoms with Crippen molar-refractivity contribution in [2.75, 3.05) is 0 Å². The molecule has 0 bridgehead atoms. The van der Waals surface area contributed by atoms with Crippen molar-refractivity contribution in [2.24, 2.45) is 0 Å². The molecule has 0 unspecified atom stereocenters. The zero-order chi connectivity index (χ0) is 13.5. The molecule has 1 aromatic carbocycles. The van der Waals surface area contributed by atoms with Crippen LogP contribution in [-0.2, 0) is 0 Å². The van der Waals surface area contributed by atoms with E-state index in [2.05, 4.69) is 36.2 Å². The van der Waals surface area contributed by atoms with Crippen molar-refractivity contribution in [2.45, 2.75) is 6.92 Å². The number of aryl methyl sites for hydroxylation is 1. The number of hydrogen-bond acceptors (Lipinski definition) is 3. The molecule has 4 rings (SSSR count). The highest BCUT2D eigenvalue weighted by atomic mass is 32.1. The minimum atomic E-state index is 1.05. The van der Waals surface area contributed by atoms with Gasteiger partial charge in [0.25, 0.3) is 0 Å². The summed E-state index contributed by atoms with van der Waals surface area (Å²) < 4.78 is 1.32. The van der Waals surface area contributed by atoms with E-state index < -0.39 is 0 Å². The van der Waals surface area contributed by atoms with E-state index in [4.69, 9.17) is 4.98 Å². The first-order chi connectivity index (χ1) is 9.83. The number of aromatic nitrogens is 2. The Bertz CT molecular complexity index is 910. The van der Waals surface area contributed by atoms with Gasteiger partial charge in [0.1, 0.15) is 0 Å². The number of hydrogen-bond donors (Lipinski definition) is 0. The zero-order valence-corrected chi connectivity index (χ0v) is 11.8. The smallest absolute Gasteiger partial charge is 0.0797 e. The number of rotatable bonds is 1. The van der Waals surface area contributed by atoms with Gasteiger partial charge in [0, 0.05) is 38.3 Å². The molecule has 96 valence electrons. The fourth-order valence-electron chi connectivity index (χ4n) is 2.56. The van der Waals surface area contributed by atoms with E-state index >= 15 is 0 Å². The summed E-state index contributed by atoms with van der Waals surface area (Å²) in [5, 5.41) is 2.47. The topological polar surface area (TPSA) is 25.8 Å². The highest BCUT2D eigenvalue weighted by Gasteiger charge is 2.12. The molecule has 0 saturated heterocycles. The normalized spacial score (nSPS) is 11.2. The standard InChI is InChI=1S/C17H12N2S/c1-11-10-14-16(12-6-8-18-9-7-12)19-15-5-3-2-4-13(15)17(14)20-11/h2-10H,1H3. The molecule has 4 aromatic rings. The van der Waals surface area contributed by atoms with Gasteiger partial charge in [-0.05, 0) is 31.2 Å². The highest BCUT2D eigenvalue weighted by molar-refractivity contribution is 7.20. The molecule has 0 aliphatic rings. The van der Waals surface area contributed by atoms with Gasteiger partial charge >= 0.3 is 0 Å². The van der Waals surface area contributed by atoms with Gasteiger partial charge in [-0.1, -0.05) is 18.2 Å². The second-order valence-corrected chi connectivity index (χ2v) is 6.07. The molecule has 3 heteroatoms. The monoisotopic (exact) mass is 276 g/mol. The highest BCUT2D eigenvalue weighted by Crippen LogP contribution is 2.37. The van der Waals surface area contributed by atoms with E-state index in [0.717, 1.165) is 16.8 Å². The largest absolute Gasteiger partial charge is 0.265 e. The van der Waals surface area contributed by atoms with E-state index in [9.17, 15) is 0 Å². The number of fused-ring (bicyclic) bond motifs is 3. The summed E-state index contributed by atoms with van der Waals surface area (Å²) in [7, 11) is 0. The Hall–Kier alpha value is -2.26. The van der Waals surface area contributed by atoms with Crippen molar-refractivity contribution in [3.63, 3.8) is 0 Å². The quantitative estimate of drug-likeness (QED) is 0.498. The molecule has 0 atom stereocenters. The van der Waals surface area contributed by atoms with Gasteiger partial charge in [-0.3, -0.25) is 4.98 Å². The van der Waals surface area contributed by atoms with E-state index in [1.807, 2.05) is 41.9 Å². The second kappa shape index (κ2) is 4.39. The molecule has 0 spiro atoms. The van der Waals surface area contributed by atoms with Crippen molar-refractivity contribution in [3.8, 4) is 11.3 Å². The van der Waals surface area contributed by atoms with Crippen LogP contribution in [0.1, 0.15) is 4.88 Å². The van der Waals surface area contributed by atoms with Crippen LogP contribution in [0.3, 0.4) is 0 Å². The summed E-state index contributed by atoms with van der Waals surface area (Å²) in [6.07, 6.45) is 3.63. The molecule has 0 amide bonds. The summed E-state index contributed by atoms with van der Waals surface area (Å²) >= 11 is 1.83. The van der Waals surface area contributed by atoms with Crippen LogP contribution in [0.5, 0.6) is 0 Å². The second-order valence-electron chi connectivity index (χ2n) is 4.81. The molecular weight excluding hydrogens is 264 g/mol. The lowest BCUT2D eigenvalue weighted by molar-refractivity contribution is 1.32. The van der Waals surface area contributed by atoms with Gasteiger partial charge in [-0.2, -0.15) is 0 Å². The Morgan fingerprint density at radius 3 is 2.60 bits per heavy atom. The molecular formula is C17H12N2S. The molecule has 0 N–H and O–H groups in total. The van der Waals surface area contributed by atoms with Crippen LogP contribution < -0.4 is 0 Å². The van der Waals surface area contributed by atoms with Crippen molar-refractivity contribution in [1.82, 2.24) is 9.97 Å². The maximum Gasteiger partial charge on any atom is 0.0797 e. The number of pyridine rings is 2. The van der Waals surface area contributed by atoms with Crippen molar-refractivity contribution >= 4 is 32.3 Å². The lowest BCUT2D eigenvalue weighted by Crippen LogP contribution is -1.87. The van der Waals surface area contributed by atoms with Crippen LogP contribution in [-0.4, -0.2) is 9.97 Å². The number of benzene rings is 1. The molecule has 2 nitrogen and oxygen atoms in total. The van der Waals surface area contributed by atoms with Gasteiger partial charge in [0.05, 0.1) is 11.2 Å². The van der Waals surface area contributed by atoms with Crippen molar-refractivity contribution in [1.29, 1.82) is 0 Å². The summed E-state index contributed by atoms with van der Waals surface area (Å²) in [6, 6.07) is 14.6. The SMILES string of the molecule is Cc1cc2c(-c3ccncc3)nc3ccccc3c2s1. The lowest BCUT2D eigenvalue weighted by atomic mass is 10.1. The van der Waals surface area contributed by atoms with Gasteiger partial charge < -0.3 is 0 Å². The Balaban J connectivity index is 2.18. The Kier molecular flexibility index (Phi) is 2.54. The number of thiophene rings is 1. The number of nitrogens with zero attached hydrogens (tertiary/aromatic N) is 2. The summed E-state index contributed by atoms with van der Waals surface area (Å²) in [5.74, 6) is 0. The van der Waals surface area contributed by atoms with E-state index in [0.29, 0.717) is 0 Å². The molecule has 0 aliphatic carbocycles. The van der Waals surface area contributed by atoms with Crippen LogP contribution >= 0.6 is 11.3 Å². The average Bonchev–Trinajstić information content (AvgIpc) is 2.89. The van der Waals surface area contributed by atoms with Crippen molar-refractivity contribution in [3.05, 3.63) is 59.7 Å². The Labute approximate surface area is 120 Å². The summed E-state index contributed by atoms with van der Waals surface area (Å²) in [5.41, 5.74) is 3.22. The number of para-hydroxylation sites is 1. The average molecular weight is 276 g/mol. The first kappa shape index (κ1) is 11.6. The van der Waals surface area contributed by atoms with Gasteiger partial charge in [0.15, 0.2) is 0 Å². The fourth-order valence-corrected chi connectivity index (χ4v) is 3.61. The summed E-state index contributed by atoms with van der Waals surface area (Å²) in [6.45, 7) is 2.15. The molecule has 0 saturated carbocycles. The maximum absolute atomic E-state index is 4.87. The molecule has 0 fully saturated rings. The molecule has 3 heterocycles. The van der Waals surface area contributed by atoms with E-state index in [1.54, 1.807) is 0 Å². The van der Waals surface area contributed by atoms with E-state index in [-0.39, 0.29) is 0 Å². The third kappa shape index (κ3) is 1.71. The minimum absolute atomic E-state index is 1.05. The van der Waals surface area contributed by atoms with Crippen LogP contribution in [0.25, 0.3) is 32.2 Å². The minimum Gasteiger partial charge on any atom is -0.265 e. The van der Waals surface area contributed by atoms with Crippen molar-refractivity contribution < 1.29 is 0 Å². The first-order valence-electron chi connectivity index (χ1n) is 6.52. The van der Waals surface area contributed by atoms with Crippen LogP contribution in [0.15, 0.2) is 54.9 Å². The first-order valence-corrected chi connectivity index (χ1v) is 7.34. The van der Waals surface area contributed by atoms with Crippen LogP contribution in [0, 0.1) is 6.92 Å². The lowest BCUT2D eigenvalue weighted by Gasteiger charge is -2.06. The molecule has 3 aromatic heterocycles. The molecule has 0 radical (unpaired) electrons. The predicted molar refractivity (Wildman–Crippen MR) is 85.1 cm³/mol. The van der Waals surface area contributed by atoms with Gasteiger partial charge in [-0.15, -0.1) is 11.3 Å². The summed E-state index contributed by atoms with van der Waals surface area (Å²) in [4.78, 5) is 10.3.